The van der Waals surface area contributed by atoms with Crippen LogP contribution in [0.2, 0.25) is 0 Å². The predicted octanol–water partition coefficient (Wildman–Crippen LogP) is 0.971. The van der Waals surface area contributed by atoms with E-state index in [1.54, 1.807) is 6.07 Å². The van der Waals surface area contributed by atoms with Gasteiger partial charge in [0.25, 0.3) is 17.3 Å². The largest absolute Gasteiger partial charge is 0.378 e. The van der Waals surface area contributed by atoms with E-state index in [4.69, 9.17) is 4.74 Å². The first kappa shape index (κ1) is 20.9. The average molecular weight is 417 g/mol. The molecule has 1 saturated heterocycles. The Balaban J connectivity index is 1.55. The summed E-state index contributed by atoms with van der Waals surface area (Å²) in [4.78, 5) is 43.0. The lowest BCUT2D eigenvalue weighted by molar-refractivity contribution is -0.394. The molecule has 0 unspecified atom stereocenters. The minimum Gasteiger partial charge on any atom is -0.378 e. The zero-order valence-electron chi connectivity index (χ0n) is 15.8. The molecular weight excluding hydrogens is 398 g/mol. The van der Waals surface area contributed by atoms with Gasteiger partial charge in [-0.15, -0.1) is 0 Å². The zero-order valence-corrected chi connectivity index (χ0v) is 15.8. The monoisotopic (exact) mass is 417 g/mol. The number of aromatic nitrogens is 2. The Morgan fingerprint density at radius 2 is 1.70 bits per heavy atom. The van der Waals surface area contributed by atoms with Crippen LogP contribution in [0.5, 0.6) is 0 Å². The predicted molar refractivity (Wildman–Crippen MR) is 106 cm³/mol. The number of nitro benzene ring substituents is 2. The molecule has 2 heterocycles. The molecule has 0 saturated carbocycles. The molecule has 0 radical (unpaired) electrons. The normalized spacial score (nSPS) is 13.5. The number of non-ortho nitro benzene ring substituents is 2. The van der Waals surface area contributed by atoms with Crippen LogP contribution in [-0.2, 0) is 4.74 Å². The molecule has 1 fully saturated rings. The van der Waals surface area contributed by atoms with Crippen molar-refractivity contribution in [3.8, 4) is 0 Å². The number of hydrogen-bond donors (Lipinski definition) is 2. The van der Waals surface area contributed by atoms with E-state index in [0.717, 1.165) is 37.1 Å². The standard InChI is InChI=1S/C17H19N7O6/c25-17(12-7-13(23(26)27)9-14(8-12)24(28)29)19-2-1-18-15-10-16(21-11-20-15)22-3-5-30-6-4-22/h7-11H,1-6H2,(H,19,25)(H,18,20,21). The van der Waals surface area contributed by atoms with Crippen molar-refractivity contribution >= 4 is 28.9 Å². The van der Waals surface area contributed by atoms with E-state index in [1.807, 2.05) is 0 Å². The van der Waals surface area contributed by atoms with Crippen molar-refractivity contribution < 1.29 is 19.4 Å². The zero-order chi connectivity index (χ0) is 21.5. The molecule has 13 heteroatoms. The molecule has 0 atom stereocenters. The molecule has 1 aliphatic heterocycles. The number of carbonyl (C=O) groups excluding carboxylic acids is 1. The summed E-state index contributed by atoms with van der Waals surface area (Å²) >= 11 is 0. The van der Waals surface area contributed by atoms with E-state index in [9.17, 15) is 25.0 Å². The fraction of sp³-hybridized carbons (Fsp3) is 0.353. The number of nitrogens with zero attached hydrogens (tertiary/aromatic N) is 5. The summed E-state index contributed by atoms with van der Waals surface area (Å²) in [5.74, 6) is 0.691. The smallest absolute Gasteiger partial charge is 0.277 e. The number of nitrogens with one attached hydrogen (secondary N) is 2. The lowest BCUT2D eigenvalue weighted by Crippen LogP contribution is -2.36. The summed E-state index contributed by atoms with van der Waals surface area (Å²) in [6.07, 6.45) is 1.44. The summed E-state index contributed by atoms with van der Waals surface area (Å²) in [6.45, 7) is 3.24. The molecule has 0 aliphatic carbocycles. The van der Waals surface area contributed by atoms with E-state index in [0.29, 0.717) is 25.6 Å². The lowest BCUT2D eigenvalue weighted by atomic mass is 10.1. The fourth-order valence-electron chi connectivity index (χ4n) is 2.81. The van der Waals surface area contributed by atoms with Gasteiger partial charge in [-0.1, -0.05) is 0 Å². The number of hydrogen-bond acceptors (Lipinski definition) is 10. The fourth-order valence-corrected chi connectivity index (χ4v) is 2.81. The topological polar surface area (TPSA) is 166 Å². The molecule has 2 aromatic rings. The van der Waals surface area contributed by atoms with E-state index in [-0.39, 0.29) is 12.1 Å². The van der Waals surface area contributed by atoms with Crippen LogP contribution in [0.3, 0.4) is 0 Å². The maximum atomic E-state index is 12.2. The molecule has 0 bridgehead atoms. The molecule has 30 heavy (non-hydrogen) atoms. The van der Waals surface area contributed by atoms with E-state index in [2.05, 4.69) is 25.5 Å². The number of rotatable bonds is 8. The van der Waals surface area contributed by atoms with Gasteiger partial charge < -0.3 is 20.3 Å². The number of carbonyl (C=O) groups is 1. The Kier molecular flexibility index (Phi) is 6.64. The van der Waals surface area contributed by atoms with Crippen molar-refractivity contribution in [1.82, 2.24) is 15.3 Å². The van der Waals surface area contributed by atoms with Gasteiger partial charge in [-0.2, -0.15) is 0 Å². The Hall–Kier alpha value is -3.87. The first-order valence-corrected chi connectivity index (χ1v) is 9.05. The van der Waals surface area contributed by atoms with Gasteiger partial charge in [-0.25, -0.2) is 9.97 Å². The van der Waals surface area contributed by atoms with Crippen LogP contribution in [0, 0.1) is 20.2 Å². The second-order valence-corrected chi connectivity index (χ2v) is 6.30. The van der Waals surface area contributed by atoms with E-state index in [1.165, 1.54) is 6.33 Å². The highest BCUT2D eigenvalue weighted by atomic mass is 16.6. The third-order valence-electron chi connectivity index (χ3n) is 4.29. The molecular formula is C17H19N7O6. The van der Waals surface area contributed by atoms with Gasteiger partial charge in [0.2, 0.25) is 0 Å². The van der Waals surface area contributed by atoms with Crippen LogP contribution >= 0.6 is 0 Å². The molecule has 1 amide bonds. The van der Waals surface area contributed by atoms with Crippen LogP contribution in [-0.4, -0.2) is 65.1 Å². The lowest BCUT2D eigenvalue weighted by Gasteiger charge is -2.27. The minimum atomic E-state index is -0.785. The number of anilines is 2. The van der Waals surface area contributed by atoms with Crippen LogP contribution in [0.25, 0.3) is 0 Å². The first-order chi connectivity index (χ1) is 14.4. The van der Waals surface area contributed by atoms with Crippen molar-refractivity contribution in [3.05, 3.63) is 56.4 Å². The molecule has 3 rings (SSSR count). The number of morpholine rings is 1. The highest BCUT2D eigenvalue weighted by molar-refractivity contribution is 5.95. The average Bonchev–Trinajstić information content (AvgIpc) is 2.77. The molecule has 1 aliphatic rings. The van der Waals surface area contributed by atoms with Gasteiger partial charge in [0.1, 0.15) is 18.0 Å². The van der Waals surface area contributed by atoms with Gasteiger partial charge in [0.05, 0.1) is 34.7 Å². The number of benzene rings is 1. The summed E-state index contributed by atoms with van der Waals surface area (Å²) in [5, 5.41) is 27.5. The first-order valence-electron chi connectivity index (χ1n) is 9.05. The second-order valence-electron chi connectivity index (χ2n) is 6.30. The Morgan fingerprint density at radius 3 is 2.33 bits per heavy atom. The minimum absolute atomic E-state index is 0.160. The van der Waals surface area contributed by atoms with Crippen molar-refractivity contribution in [3.63, 3.8) is 0 Å². The highest BCUT2D eigenvalue weighted by Crippen LogP contribution is 2.22. The summed E-state index contributed by atoms with van der Waals surface area (Å²) in [6, 6.07) is 4.58. The number of nitro groups is 2. The van der Waals surface area contributed by atoms with Crippen molar-refractivity contribution in [2.75, 3.05) is 49.6 Å². The van der Waals surface area contributed by atoms with Crippen LogP contribution in [0.4, 0.5) is 23.0 Å². The van der Waals surface area contributed by atoms with Gasteiger partial charge in [0, 0.05) is 44.4 Å². The van der Waals surface area contributed by atoms with Gasteiger partial charge in [-0.05, 0) is 0 Å². The third kappa shape index (κ3) is 5.35. The maximum absolute atomic E-state index is 12.2. The van der Waals surface area contributed by atoms with Gasteiger partial charge in [0.15, 0.2) is 0 Å². The SMILES string of the molecule is O=C(NCCNc1cc(N2CCOCC2)ncn1)c1cc([N+](=O)[O-])cc([N+](=O)[O-])c1. The number of ether oxygens (including phenoxy) is 1. The summed E-state index contributed by atoms with van der Waals surface area (Å²) < 4.78 is 5.32. The Labute approximate surface area is 170 Å². The highest BCUT2D eigenvalue weighted by Gasteiger charge is 2.19. The van der Waals surface area contributed by atoms with Crippen LogP contribution in [0.1, 0.15) is 10.4 Å². The van der Waals surface area contributed by atoms with Gasteiger partial charge in [-0.3, -0.25) is 25.0 Å². The van der Waals surface area contributed by atoms with Crippen molar-refractivity contribution in [2.24, 2.45) is 0 Å². The van der Waals surface area contributed by atoms with Crippen LogP contribution in [0.15, 0.2) is 30.6 Å². The third-order valence-corrected chi connectivity index (χ3v) is 4.29. The summed E-state index contributed by atoms with van der Waals surface area (Å²) in [5.41, 5.74) is -1.21. The molecule has 158 valence electrons. The maximum Gasteiger partial charge on any atom is 0.277 e. The van der Waals surface area contributed by atoms with Crippen LogP contribution < -0.4 is 15.5 Å². The Morgan fingerprint density at radius 1 is 1.03 bits per heavy atom. The van der Waals surface area contributed by atoms with E-state index < -0.39 is 27.1 Å². The molecule has 0 spiro atoms. The quantitative estimate of drug-likeness (QED) is 0.359. The molecule has 1 aromatic carbocycles. The molecule has 13 nitrogen and oxygen atoms in total. The van der Waals surface area contributed by atoms with Crippen molar-refractivity contribution in [1.29, 1.82) is 0 Å². The molecule has 1 aromatic heterocycles. The van der Waals surface area contributed by atoms with Gasteiger partial charge >= 0.3 is 0 Å². The number of amides is 1. The summed E-state index contributed by atoms with van der Waals surface area (Å²) in [7, 11) is 0. The second kappa shape index (κ2) is 9.56. The Bertz CT molecular complexity index is 916. The molecule has 2 N–H and O–H groups in total. The van der Waals surface area contributed by atoms with Crippen molar-refractivity contribution in [2.45, 2.75) is 0 Å². The van der Waals surface area contributed by atoms with E-state index >= 15 is 0 Å².